The molecule has 2 rings (SSSR count). The first-order valence-electron chi connectivity index (χ1n) is 6.97. The second-order valence-electron chi connectivity index (χ2n) is 5.79. The van der Waals surface area contributed by atoms with E-state index in [0.717, 1.165) is 30.9 Å². The number of rotatable bonds is 4. The number of hydrogen-bond donors (Lipinski definition) is 0. The van der Waals surface area contributed by atoms with Crippen LogP contribution in [0.1, 0.15) is 17.7 Å². The van der Waals surface area contributed by atoms with Crippen LogP contribution >= 0.6 is 11.6 Å². The molecule has 0 amide bonds. The number of piperazine rings is 1. The van der Waals surface area contributed by atoms with Crippen molar-refractivity contribution >= 4 is 17.4 Å². The Morgan fingerprint density at radius 3 is 2.65 bits per heavy atom. The third kappa shape index (κ3) is 3.40. The fourth-order valence-electron chi connectivity index (χ4n) is 2.73. The Morgan fingerprint density at radius 1 is 1.35 bits per heavy atom. The number of Topliss-reactive ketones (excluding diaryl/α,β-unsaturated/α-hetero) is 1. The van der Waals surface area contributed by atoms with E-state index < -0.39 is 0 Å². The van der Waals surface area contributed by atoms with Crippen molar-refractivity contribution in [2.75, 3.05) is 33.7 Å². The third-order valence-electron chi connectivity index (χ3n) is 4.09. The minimum atomic E-state index is 0.232. The molecule has 2 heterocycles. The molecule has 6 heteroatoms. The number of ketones is 1. The number of nitrogens with zero attached hydrogens (tertiary/aromatic N) is 4. The summed E-state index contributed by atoms with van der Waals surface area (Å²) in [5.74, 6) is 0.232. The number of carbonyl (C=O) groups is 1. The highest BCUT2D eigenvalue weighted by Crippen LogP contribution is 2.20. The summed E-state index contributed by atoms with van der Waals surface area (Å²) in [6.07, 6.45) is 0.956. The van der Waals surface area contributed by atoms with Crippen LogP contribution in [0, 0.1) is 6.92 Å². The summed E-state index contributed by atoms with van der Waals surface area (Å²) in [5, 5.41) is 4.83. The predicted octanol–water partition coefficient (Wildman–Crippen LogP) is 1.13. The Bertz CT molecular complexity index is 500. The Morgan fingerprint density at radius 2 is 2.05 bits per heavy atom. The Hall–Kier alpha value is -0.910. The average molecular weight is 299 g/mol. The number of hydrogen-bond acceptors (Lipinski definition) is 4. The van der Waals surface area contributed by atoms with Gasteiger partial charge in [-0.1, -0.05) is 11.6 Å². The zero-order valence-electron chi connectivity index (χ0n) is 12.7. The first-order chi connectivity index (χ1) is 9.38. The Kier molecular flexibility index (Phi) is 4.83. The van der Waals surface area contributed by atoms with Gasteiger partial charge in [-0.15, -0.1) is 0 Å². The van der Waals surface area contributed by atoms with Crippen LogP contribution in [0.5, 0.6) is 0 Å². The maximum Gasteiger partial charge on any atom is 0.139 e. The second kappa shape index (κ2) is 6.24. The largest absolute Gasteiger partial charge is 0.304 e. The molecule has 1 aromatic rings. The highest BCUT2D eigenvalue weighted by atomic mass is 35.5. The lowest BCUT2D eigenvalue weighted by molar-refractivity contribution is -0.120. The van der Waals surface area contributed by atoms with Crippen molar-refractivity contribution in [2.24, 2.45) is 7.05 Å². The van der Waals surface area contributed by atoms with Crippen LogP contribution in [0.2, 0.25) is 5.15 Å². The zero-order valence-corrected chi connectivity index (χ0v) is 13.4. The molecule has 20 heavy (non-hydrogen) atoms. The van der Waals surface area contributed by atoms with E-state index in [0.29, 0.717) is 24.0 Å². The van der Waals surface area contributed by atoms with E-state index in [1.165, 1.54) is 0 Å². The molecular weight excluding hydrogens is 276 g/mol. The fourth-order valence-corrected chi connectivity index (χ4v) is 2.97. The molecule has 1 saturated heterocycles. The molecule has 0 spiro atoms. The zero-order chi connectivity index (χ0) is 14.9. The highest BCUT2D eigenvalue weighted by molar-refractivity contribution is 6.30. The standard InChI is InChI=1S/C14H23ClN4O/c1-10-13(14(15)19(4)16-10)8-12(20)7-11-9-17(2)5-6-18(11)3/h11H,5-9H2,1-4H3. The second-order valence-corrected chi connectivity index (χ2v) is 6.15. The number of likely N-dealkylation sites (N-methyl/N-ethyl adjacent to an activating group) is 2. The lowest BCUT2D eigenvalue weighted by atomic mass is 10.0. The van der Waals surface area contributed by atoms with Crippen molar-refractivity contribution in [3.63, 3.8) is 0 Å². The molecule has 5 nitrogen and oxygen atoms in total. The van der Waals surface area contributed by atoms with Gasteiger partial charge in [0.1, 0.15) is 10.9 Å². The molecule has 0 N–H and O–H groups in total. The summed E-state index contributed by atoms with van der Waals surface area (Å²) in [4.78, 5) is 16.9. The highest BCUT2D eigenvalue weighted by Gasteiger charge is 2.25. The van der Waals surface area contributed by atoms with Crippen LogP contribution in [0.25, 0.3) is 0 Å². The molecule has 1 fully saturated rings. The molecule has 0 radical (unpaired) electrons. The molecule has 1 unspecified atom stereocenters. The van der Waals surface area contributed by atoms with E-state index in [-0.39, 0.29) is 5.78 Å². The summed E-state index contributed by atoms with van der Waals surface area (Å²) in [7, 11) is 5.99. The fraction of sp³-hybridized carbons (Fsp3) is 0.714. The maximum atomic E-state index is 12.3. The van der Waals surface area contributed by atoms with E-state index in [9.17, 15) is 4.79 Å². The maximum absolute atomic E-state index is 12.3. The number of aryl methyl sites for hydroxylation is 2. The van der Waals surface area contributed by atoms with Crippen LogP contribution in [0.15, 0.2) is 0 Å². The van der Waals surface area contributed by atoms with Crippen molar-refractivity contribution in [3.8, 4) is 0 Å². The van der Waals surface area contributed by atoms with Crippen LogP contribution in [-0.4, -0.2) is 65.1 Å². The summed E-state index contributed by atoms with van der Waals surface area (Å²) in [6.45, 7) is 4.92. The van der Waals surface area contributed by atoms with Crippen molar-refractivity contribution < 1.29 is 4.79 Å². The molecule has 0 aliphatic carbocycles. The van der Waals surface area contributed by atoms with Crippen molar-refractivity contribution in [2.45, 2.75) is 25.8 Å². The van der Waals surface area contributed by atoms with E-state index in [4.69, 9.17) is 11.6 Å². The van der Waals surface area contributed by atoms with E-state index in [1.54, 1.807) is 11.7 Å². The molecule has 0 saturated carbocycles. The van der Waals surface area contributed by atoms with Gasteiger partial charge in [-0.2, -0.15) is 5.10 Å². The van der Waals surface area contributed by atoms with Gasteiger partial charge in [-0.05, 0) is 21.0 Å². The number of halogens is 1. The van der Waals surface area contributed by atoms with Gasteiger partial charge in [0.2, 0.25) is 0 Å². The Balaban J connectivity index is 1.98. The molecule has 1 aliphatic heterocycles. The molecule has 0 bridgehead atoms. The minimum Gasteiger partial charge on any atom is -0.304 e. The molecule has 0 aromatic carbocycles. The van der Waals surface area contributed by atoms with E-state index in [1.807, 2.05) is 6.92 Å². The molecule has 112 valence electrons. The van der Waals surface area contributed by atoms with E-state index in [2.05, 4.69) is 29.0 Å². The molecule has 1 aromatic heterocycles. The average Bonchev–Trinajstić information content (AvgIpc) is 2.61. The third-order valence-corrected chi connectivity index (χ3v) is 4.56. The van der Waals surface area contributed by atoms with Crippen molar-refractivity contribution in [1.29, 1.82) is 0 Å². The summed E-state index contributed by atoms with van der Waals surface area (Å²) in [6, 6.07) is 0.303. The first-order valence-corrected chi connectivity index (χ1v) is 7.34. The van der Waals surface area contributed by atoms with Crippen LogP contribution < -0.4 is 0 Å². The molecular formula is C14H23ClN4O. The monoisotopic (exact) mass is 298 g/mol. The number of aromatic nitrogens is 2. The summed E-state index contributed by atoms with van der Waals surface area (Å²) < 4.78 is 1.63. The van der Waals surface area contributed by atoms with Gasteiger partial charge < -0.3 is 9.80 Å². The van der Waals surface area contributed by atoms with Gasteiger partial charge in [0.15, 0.2) is 0 Å². The molecule has 1 atom stereocenters. The lowest BCUT2D eigenvalue weighted by Gasteiger charge is -2.37. The topological polar surface area (TPSA) is 41.4 Å². The quantitative estimate of drug-likeness (QED) is 0.836. The Labute approximate surface area is 125 Å². The van der Waals surface area contributed by atoms with Gasteiger partial charge in [-0.25, -0.2) is 0 Å². The van der Waals surface area contributed by atoms with Gasteiger partial charge >= 0.3 is 0 Å². The lowest BCUT2D eigenvalue weighted by Crippen LogP contribution is -2.50. The van der Waals surface area contributed by atoms with Gasteiger partial charge in [0.25, 0.3) is 0 Å². The van der Waals surface area contributed by atoms with Gasteiger partial charge in [0.05, 0.1) is 5.69 Å². The normalized spacial score (nSPS) is 21.4. The first kappa shape index (κ1) is 15.5. The number of carbonyl (C=O) groups excluding carboxylic acids is 1. The van der Waals surface area contributed by atoms with Crippen LogP contribution in [0.3, 0.4) is 0 Å². The van der Waals surface area contributed by atoms with Crippen LogP contribution in [-0.2, 0) is 18.3 Å². The smallest absolute Gasteiger partial charge is 0.139 e. The molecule has 1 aliphatic rings. The minimum absolute atomic E-state index is 0.232. The van der Waals surface area contributed by atoms with Gasteiger partial charge in [-0.3, -0.25) is 9.48 Å². The van der Waals surface area contributed by atoms with Crippen molar-refractivity contribution in [3.05, 3.63) is 16.4 Å². The predicted molar refractivity (Wildman–Crippen MR) is 80.2 cm³/mol. The SMILES string of the molecule is Cc1nn(C)c(Cl)c1CC(=O)CC1CN(C)CCN1C. The summed E-state index contributed by atoms with van der Waals surface area (Å²) in [5.41, 5.74) is 1.71. The van der Waals surface area contributed by atoms with Crippen molar-refractivity contribution in [1.82, 2.24) is 19.6 Å². The van der Waals surface area contributed by atoms with E-state index >= 15 is 0 Å². The summed E-state index contributed by atoms with van der Waals surface area (Å²) >= 11 is 6.18. The van der Waals surface area contributed by atoms with Crippen LogP contribution in [0.4, 0.5) is 0 Å². The van der Waals surface area contributed by atoms with Gasteiger partial charge in [0, 0.05) is 51.1 Å².